The van der Waals surface area contributed by atoms with Gasteiger partial charge in [0, 0.05) is 18.5 Å². The molecule has 0 N–H and O–H groups in total. The zero-order valence-electron chi connectivity index (χ0n) is 11.8. The highest BCUT2D eigenvalue weighted by atomic mass is 16.6. The fourth-order valence-electron chi connectivity index (χ4n) is 2.11. The van der Waals surface area contributed by atoms with E-state index in [-0.39, 0.29) is 11.9 Å². The van der Waals surface area contributed by atoms with Gasteiger partial charge in [0.15, 0.2) is 0 Å². The Morgan fingerprint density at radius 1 is 1.28 bits per heavy atom. The maximum atomic E-state index is 11.9. The van der Waals surface area contributed by atoms with Crippen LogP contribution >= 0.6 is 0 Å². The van der Waals surface area contributed by atoms with E-state index in [9.17, 15) is 9.59 Å². The van der Waals surface area contributed by atoms with Crippen LogP contribution in [0.15, 0.2) is 12.7 Å². The number of rotatable bonds is 2. The largest absolute Gasteiger partial charge is 0.444 e. The van der Waals surface area contributed by atoms with Gasteiger partial charge in [-0.15, -0.1) is 6.58 Å². The molecule has 1 amide bonds. The van der Waals surface area contributed by atoms with Crippen molar-refractivity contribution in [1.82, 2.24) is 4.90 Å². The number of ketones is 1. The molecule has 0 aromatic rings. The lowest BCUT2D eigenvalue weighted by Gasteiger charge is -2.38. The Hall–Kier alpha value is -1.32. The maximum Gasteiger partial charge on any atom is 0.410 e. The Balaban J connectivity index is 2.61. The van der Waals surface area contributed by atoms with E-state index < -0.39 is 11.0 Å². The Morgan fingerprint density at radius 3 is 2.11 bits per heavy atom. The summed E-state index contributed by atoms with van der Waals surface area (Å²) in [6.45, 7) is 12.0. The Labute approximate surface area is 109 Å². The van der Waals surface area contributed by atoms with Crippen molar-refractivity contribution in [2.24, 2.45) is 5.41 Å². The molecule has 1 heterocycles. The number of allylic oxidation sites excluding steroid dienone is 1. The number of hydrogen-bond donors (Lipinski definition) is 0. The molecule has 1 rings (SSSR count). The van der Waals surface area contributed by atoms with Gasteiger partial charge in [0.1, 0.15) is 11.4 Å². The van der Waals surface area contributed by atoms with Crippen LogP contribution in [0.25, 0.3) is 0 Å². The quantitative estimate of drug-likeness (QED) is 0.711. The van der Waals surface area contributed by atoms with Gasteiger partial charge in [-0.05, 0) is 40.5 Å². The van der Waals surface area contributed by atoms with E-state index in [0.717, 1.165) is 0 Å². The first-order valence-corrected chi connectivity index (χ1v) is 6.33. The minimum Gasteiger partial charge on any atom is -0.444 e. The number of amides is 1. The molecule has 18 heavy (non-hydrogen) atoms. The van der Waals surface area contributed by atoms with Crippen LogP contribution in [0.3, 0.4) is 0 Å². The molecule has 0 bridgehead atoms. The van der Waals surface area contributed by atoms with Crippen molar-refractivity contribution in [2.75, 3.05) is 13.1 Å². The molecule has 0 unspecified atom stereocenters. The normalized spacial score (nSPS) is 19.2. The fourth-order valence-corrected chi connectivity index (χ4v) is 2.11. The average molecular weight is 253 g/mol. The standard InChI is InChI=1S/C14H23NO3/c1-6-14(11(2)16)7-9-15(10-8-14)12(17)18-13(3,4)5/h6H,1,7-10H2,2-5H3. The second-order valence-electron chi connectivity index (χ2n) is 5.88. The summed E-state index contributed by atoms with van der Waals surface area (Å²) in [6.07, 6.45) is 2.68. The number of nitrogens with zero attached hydrogens (tertiary/aromatic N) is 1. The van der Waals surface area contributed by atoms with Crippen LogP contribution in [0.2, 0.25) is 0 Å². The van der Waals surface area contributed by atoms with Crippen LogP contribution in [0.5, 0.6) is 0 Å². The summed E-state index contributed by atoms with van der Waals surface area (Å²) in [5.41, 5.74) is -0.941. The molecule has 0 atom stereocenters. The SMILES string of the molecule is C=CC1(C(C)=O)CCN(C(=O)OC(C)(C)C)CC1. The van der Waals surface area contributed by atoms with Crippen LogP contribution in [0, 0.1) is 5.41 Å². The maximum absolute atomic E-state index is 11.9. The molecule has 1 aliphatic rings. The molecule has 4 heteroatoms. The monoisotopic (exact) mass is 253 g/mol. The average Bonchev–Trinajstić information content (AvgIpc) is 2.26. The number of carbonyl (C=O) groups is 2. The predicted octanol–water partition coefficient (Wildman–Crippen LogP) is 2.78. The van der Waals surface area contributed by atoms with Gasteiger partial charge >= 0.3 is 6.09 Å². The van der Waals surface area contributed by atoms with Gasteiger partial charge in [-0.2, -0.15) is 0 Å². The van der Waals surface area contributed by atoms with Crippen molar-refractivity contribution in [3.05, 3.63) is 12.7 Å². The number of hydrogen-bond acceptors (Lipinski definition) is 3. The van der Waals surface area contributed by atoms with Crippen LogP contribution in [-0.2, 0) is 9.53 Å². The van der Waals surface area contributed by atoms with Gasteiger partial charge in [0.2, 0.25) is 0 Å². The van der Waals surface area contributed by atoms with E-state index in [4.69, 9.17) is 4.74 Å². The highest BCUT2D eigenvalue weighted by Crippen LogP contribution is 2.34. The number of likely N-dealkylation sites (tertiary alicyclic amines) is 1. The van der Waals surface area contributed by atoms with Crippen molar-refractivity contribution >= 4 is 11.9 Å². The number of piperidine rings is 1. The van der Waals surface area contributed by atoms with Crippen molar-refractivity contribution in [2.45, 2.75) is 46.1 Å². The molecule has 0 aromatic heterocycles. The molecule has 1 fully saturated rings. The first-order chi connectivity index (χ1) is 8.20. The summed E-state index contributed by atoms with van der Waals surface area (Å²) < 4.78 is 5.32. The van der Waals surface area contributed by atoms with E-state index in [1.165, 1.54) is 0 Å². The van der Waals surface area contributed by atoms with Crippen LogP contribution in [0.4, 0.5) is 4.79 Å². The van der Waals surface area contributed by atoms with Gasteiger partial charge in [-0.3, -0.25) is 4.79 Å². The van der Waals surface area contributed by atoms with Crippen molar-refractivity contribution in [3.8, 4) is 0 Å². The Kier molecular flexibility index (Phi) is 4.20. The van der Waals surface area contributed by atoms with E-state index >= 15 is 0 Å². The molecule has 1 aliphatic heterocycles. The lowest BCUT2D eigenvalue weighted by molar-refractivity contribution is -0.126. The summed E-state index contributed by atoms with van der Waals surface area (Å²) in [4.78, 5) is 25.2. The van der Waals surface area contributed by atoms with Gasteiger partial charge in [0.05, 0.1) is 0 Å². The van der Waals surface area contributed by atoms with Gasteiger partial charge in [-0.25, -0.2) is 4.79 Å². The first kappa shape index (κ1) is 14.7. The zero-order valence-corrected chi connectivity index (χ0v) is 11.8. The molecule has 1 saturated heterocycles. The van der Waals surface area contributed by atoms with Gasteiger partial charge in [0.25, 0.3) is 0 Å². The smallest absolute Gasteiger partial charge is 0.410 e. The third-order valence-corrected chi connectivity index (χ3v) is 3.40. The van der Waals surface area contributed by atoms with Gasteiger partial charge in [-0.1, -0.05) is 6.08 Å². The minimum absolute atomic E-state index is 0.126. The summed E-state index contributed by atoms with van der Waals surface area (Å²) in [7, 11) is 0. The Bertz CT molecular complexity index is 347. The molecule has 0 aliphatic carbocycles. The fraction of sp³-hybridized carbons (Fsp3) is 0.714. The minimum atomic E-state index is -0.482. The van der Waals surface area contributed by atoms with Crippen molar-refractivity contribution in [3.63, 3.8) is 0 Å². The molecule has 0 aromatic carbocycles. The highest BCUT2D eigenvalue weighted by molar-refractivity contribution is 5.84. The lowest BCUT2D eigenvalue weighted by Crippen LogP contribution is -2.46. The number of carbonyl (C=O) groups excluding carboxylic acids is 2. The summed E-state index contributed by atoms with van der Waals surface area (Å²) in [5.74, 6) is 0.126. The van der Waals surface area contributed by atoms with Crippen LogP contribution in [-0.4, -0.2) is 35.5 Å². The summed E-state index contributed by atoms with van der Waals surface area (Å²) >= 11 is 0. The third kappa shape index (κ3) is 3.34. The lowest BCUT2D eigenvalue weighted by atomic mass is 9.75. The van der Waals surface area contributed by atoms with E-state index in [0.29, 0.717) is 25.9 Å². The van der Waals surface area contributed by atoms with E-state index in [2.05, 4.69) is 6.58 Å². The second-order valence-corrected chi connectivity index (χ2v) is 5.88. The first-order valence-electron chi connectivity index (χ1n) is 6.33. The molecule has 102 valence electrons. The number of Topliss-reactive ketones (excluding diaryl/α,β-unsaturated/α-hetero) is 1. The van der Waals surface area contributed by atoms with Crippen LogP contribution < -0.4 is 0 Å². The molecular weight excluding hydrogens is 230 g/mol. The van der Waals surface area contributed by atoms with Crippen molar-refractivity contribution in [1.29, 1.82) is 0 Å². The molecule has 0 saturated carbocycles. The summed E-state index contributed by atoms with van der Waals surface area (Å²) in [5, 5.41) is 0. The molecule has 0 spiro atoms. The topological polar surface area (TPSA) is 46.6 Å². The highest BCUT2D eigenvalue weighted by Gasteiger charge is 2.38. The molecule has 0 radical (unpaired) electrons. The van der Waals surface area contributed by atoms with Crippen LogP contribution in [0.1, 0.15) is 40.5 Å². The predicted molar refractivity (Wildman–Crippen MR) is 70.4 cm³/mol. The zero-order chi connectivity index (χ0) is 14.0. The number of ether oxygens (including phenoxy) is 1. The van der Waals surface area contributed by atoms with Gasteiger partial charge < -0.3 is 9.64 Å². The molecule has 4 nitrogen and oxygen atoms in total. The van der Waals surface area contributed by atoms with E-state index in [1.807, 2.05) is 20.8 Å². The van der Waals surface area contributed by atoms with E-state index in [1.54, 1.807) is 17.9 Å². The second kappa shape index (κ2) is 5.12. The summed E-state index contributed by atoms with van der Waals surface area (Å²) in [6, 6.07) is 0. The third-order valence-electron chi connectivity index (χ3n) is 3.40. The Morgan fingerprint density at radius 2 is 1.78 bits per heavy atom. The molecular formula is C14H23NO3. The van der Waals surface area contributed by atoms with Crippen molar-refractivity contribution < 1.29 is 14.3 Å².